The molecule has 0 amide bonds. The van der Waals surface area contributed by atoms with E-state index in [1.54, 1.807) is 6.20 Å². The molecule has 100 valence electrons. The van der Waals surface area contributed by atoms with Crippen LogP contribution >= 0.6 is 15.9 Å². The van der Waals surface area contributed by atoms with Crippen molar-refractivity contribution in [1.29, 1.82) is 0 Å². The van der Waals surface area contributed by atoms with Crippen LogP contribution in [0.5, 0.6) is 0 Å². The Bertz CT molecular complexity index is 695. The van der Waals surface area contributed by atoms with E-state index in [1.807, 2.05) is 47.3 Å². The number of rotatable bonds is 4. The molecule has 0 fully saturated rings. The molecule has 4 nitrogen and oxygen atoms in total. The van der Waals surface area contributed by atoms with E-state index in [2.05, 4.69) is 43.5 Å². The molecule has 1 aromatic carbocycles. The van der Waals surface area contributed by atoms with Crippen LogP contribution in [-0.4, -0.2) is 14.8 Å². The number of hydrogen-bond acceptors (Lipinski definition) is 3. The average molecular weight is 329 g/mol. The van der Waals surface area contributed by atoms with Crippen molar-refractivity contribution in [2.75, 3.05) is 5.32 Å². The van der Waals surface area contributed by atoms with Crippen molar-refractivity contribution in [3.8, 4) is 5.69 Å². The summed E-state index contributed by atoms with van der Waals surface area (Å²) in [5.41, 5.74) is 2.23. The molecule has 0 spiro atoms. The van der Waals surface area contributed by atoms with Gasteiger partial charge in [0.25, 0.3) is 0 Å². The lowest BCUT2D eigenvalue weighted by Crippen LogP contribution is -2.06. The SMILES string of the molecule is Brc1cccc(NCc2ccccc2-n2cccn2)n1. The standard InChI is InChI=1S/C15H13BrN4/c16-14-7-3-8-15(19-14)17-11-12-5-1-2-6-13(12)20-10-4-9-18-20/h1-10H,11H2,(H,17,19). The quantitative estimate of drug-likeness (QED) is 0.743. The highest BCUT2D eigenvalue weighted by atomic mass is 79.9. The Balaban J connectivity index is 1.81. The summed E-state index contributed by atoms with van der Waals surface area (Å²) in [6.45, 7) is 0.694. The minimum Gasteiger partial charge on any atom is -0.366 e. The molecule has 0 aliphatic rings. The van der Waals surface area contributed by atoms with Gasteiger partial charge < -0.3 is 5.32 Å². The van der Waals surface area contributed by atoms with E-state index >= 15 is 0 Å². The van der Waals surface area contributed by atoms with E-state index in [9.17, 15) is 0 Å². The Morgan fingerprint density at radius 3 is 2.75 bits per heavy atom. The van der Waals surface area contributed by atoms with Crippen LogP contribution in [0.3, 0.4) is 0 Å². The Morgan fingerprint density at radius 2 is 1.95 bits per heavy atom. The highest BCUT2D eigenvalue weighted by Crippen LogP contribution is 2.16. The summed E-state index contributed by atoms with van der Waals surface area (Å²) in [5, 5.41) is 7.60. The topological polar surface area (TPSA) is 42.7 Å². The van der Waals surface area contributed by atoms with E-state index in [1.165, 1.54) is 0 Å². The van der Waals surface area contributed by atoms with Crippen LogP contribution in [0.25, 0.3) is 5.69 Å². The number of nitrogens with zero attached hydrogens (tertiary/aromatic N) is 3. The molecule has 0 atom stereocenters. The second-order valence-electron chi connectivity index (χ2n) is 4.28. The first kappa shape index (κ1) is 12.9. The lowest BCUT2D eigenvalue weighted by molar-refractivity contribution is 0.863. The fraction of sp³-hybridized carbons (Fsp3) is 0.0667. The summed E-state index contributed by atoms with van der Waals surface area (Å²) in [7, 11) is 0. The van der Waals surface area contributed by atoms with Crippen molar-refractivity contribution < 1.29 is 0 Å². The molecule has 0 aliphatic carbocycles. The number of halogens is 1. The molecule has 3 rings (SSSR count). The van der Waals surface area contributed by atoms with Gasteiger partial charge in [0.2, 0.25) is 0 Å². The molecular weight excluding hydrogens is 316 g/mol. The number of para-hydroxylation sites is 1. The van der Waals surface area contributed by atoms with Crippen LogP contribution in [0.4, 0.5) is 5.82 Å². The highest BCUT2D eigenvalue weighted by molar-refractivity contribution is 9.10. The first-order valence-electron chi connectivity index (χ1n) is 6.27. The van der Waals surface area contributed by atoms with Crippen molar-refractivity contribution in [1.82, 2.24) is 14.8 Å². The minimum absolute atomic E-state index is 0.694. The highest BCUT2D eigenvalue weighted by Gasteiger charge is 2.04. The zero-order valence-corrected chi connectivity index (χ0v) is 12.3. The first-order chi connectivity index (χ1) is 9.83. The van der Waals surface area contributed by atoms with Gasteiger partial charge in [0.1, 0.15) is 10.4 Å². The Morgan fingerprint density at radius 1 is 1.05 bits per heavy atom. The normalized spacial score (nSPS) is 10.4. The fourth-order valence-electron chi connectivity index (χ4n) is 1.99. The summed E-state index contributed by atoms with van der Waals surface area (Å²) >= 11 is 3.37. The minimum atomic E-state index is 0.694. The van der Waals surface area contributed by atoms with Gasteiger partial charge in [-0.3, -0.25) is 0 Å². The maximum Gasteiger partial charge on any atom is 0.127 e. The van der Waals surface area contributed by atoms with Gasteiger partial charge in [0.05, 0.1) is 5.69 Å². The number of hydrogen-bond donors (Lipinski definition) is 1. The number of anilines is 1. The summed E-state index contributed by atoms with van der Waals surface area (Å²) in [6.07, 6.45) is 3.72. The smallest absolute Gasteiger partial charge is 0.127 e. The Labute approximate surface area is 125 Å². The van der Waals surface area contributed by atoms with Crippen LogP contribution in [-0.2, 0) is 6.54 Å². The monoisotopic (exact) mass is 328 g/mol. The van der Waals surface area contributed by atoms with E-state index < -0.39 is 0 Å². The van der Waals surface area contributed by atoms with E-state index in [-0.39, 0.29) is 0 Å². The van der Waals surface area contributed by atoms with Gasteiger partial charge in [-0.2, -0.15) is 5.10 Å². The molecule has 20 heavy (non-hydrogen) atoms. The van der Waals surface area contributed by atoms with Crippen molar-refractivity contribution in [2.24, 2.45) is 0 Å². The predicted octanol–water partition coefficient (Wildman–Crippen LogP) is 3.64. The van der Waals surface area contributed by atoms with Crippen LogP contribution in [0.15, 0.2) is 65.5 Å². The summed E-state index contributed by atoms with van der Waals surface area (Å²) in [5.74, 6) is 0.842. The molecular formula is C15H13BrN4. The summed E-state index contributed by atoms with van der Waals surface area (Å²) in [6, 6.07) is 15.9. The summed E-state index contributed by atoms with van der Waals surface area (Å²) < 4.78 is 2.69. The van der Waals surface area contributed by atoms with Crippen LogP contribution in [0, 0.1) is 0 Å². The molecule has 0 bridgehead atoms. The predicted molar refractivity (Wildman–Crippen MR) is 82.8 cm³/mol. The molecule has 0 saturated heterocycles. The number of nitrogens with one attached hydrogen (secondary N) is 1. The van der Waals surface area contributed by atoms with Gasteiger partial charge >= 0.3 is 0 Å². The molecule has 0 aliphatic heterocycles. The summed E-state index contributed by atoms with van der Waals surface area (Å²) in [4.78, 5) is 4.36. The second-order valence-corrected chi connectivity index (χ2v) is 5.09. The van der Waals surface area contributed by atoms with E-state index in [4.69, 9.17) is 0 Å². The average Bonchev–Trinajstić information content (AvgIpc) is 3.00. The van der Waals surface area contributed by atoms with Gasteiger partial charge in [0.15, 0.2) is 0 Å². The van der Waals surface area contributed by atoms with Crippen molar-refractivity contribution in [2.45, 2.75) is 6.54 Å². The van der Waals surface area contributed by atoms with Crippen molar-refractivity contribution >= 4 is 21.7 Å². The van der Waals surface area contributed by atoms with Gasteiger partial charge in [-0.15, -0.1) is 0 Å². The molecule has 5 heteroatoms. The third-order valence-electron chi connectivity index (χ3n) is 2.92. The van der Waals surface area contributed by atoms with Gasteiger partial charge in [-0.25, -0.2) is 9.67 Å². The third-order valence-corrected chi connectivity index (χ3v) is 3.36. The zero-order chi connectivity index (χ0) is 13.8. The molecule has 1 N–H and O–H groups in total. The van der Waals surface area contributed by atoms with Crippen molar-refractivity contribution in [3.05, 3.63) is 71.1 Å². The molecule has 0 radical (unpaired) electrons. The lowest BCUT2D eigenvalue weighted by Gasteiger charge is -2.11. The molecule has 2 heterocycles. The zero-order valence-electron chi connectivity index (χ0n) is 10.7. The second kappa shape index (κ2) is 5.88. The van der Waals surface area contributed by atoms with Gasteiger partial charge in [-0.05, 0) is 45.8 Å². The molecule has 0 saturated carbocycles. The fourth-order valence-corrected chi connectivity index (χ4v) is 2.33. The Hall–Kier alpha value is -2.14. The van der Waals surface area contributed by atoms with Crippen LogP contribution in [0.1, 0.15) is 5.56 Å². The van der Waals surface area contributed by atoms with Gasteiger partial charge in [-0.1, -0.05) is 24.3 Å². The van der Waals surface area contributed by atoms with Crippen molar-refractivity contribution in [3.63, 3.8) is 0 Å². The van der Waals surface area contributed by atoms with E-state index in [0.717, 1.165) is 21.7 Å². The largest absolute Gasteiger partial charge is 0.366 e. The van der Waals surface area contributed by atoms with E-state index in [0.29, 0.717) is 6.54 Å². The van der Waals surface area contributed by atoms with Gasteiger partial charge in [0, 0.05) is 18.9 Å². The molecule has 0 unspecified atom stereocenters. The Kier molecular flexibility index (Phi) is 3.78. The number of benzene rings is 1. The first-order valence-corrected chi connectivity index (χ1v) is 7.06. The van der Waals surface area contributed by atoms with Crippen LogP contribution in [0.2, 0.25) is 0 Å². The van der Waals surface area contributed by atoms with Crippen LogP contribution < -0.4 is 5.32 Å². The third kappa shape index (κ3) is 2.88. The number of pyridine rings is 1. The maximum atomic E-state index is 4.36. The lowest BCUT2D eigenvalue weighted by atomic mass is 10.2. The number of aromatic nitrogens is 3. The maximum absolute atomic E-state index is 4.36. The molecule has 3 aromatic rings. The molecule has 2 aromatic heterocycles.